The molecule has 1 fully saturated rings. The molecule has 0 aromatic carbocycles. The van der Waals surface area contributed by atoms with Crippen molar-refractivity contribution in [2.45, 2.75) is 51.9 Å². The van der Waals surface area contributed by atoms with Gasteiger partial charge in [0.1, 0.15) is 5.78 Å². The van der Waals surface area contributed by atoms with Gasteiger partial charge in [0, 0.05) is 12.3 Å². The van der Waals surface area contributed by atoms with Crippen molar-refractivity contribution in [3.63, 3.8) is 0 Å². The first-order valence-electron chi connectivity index (χ1n) is 4.87. The second-order valence-electron chi connectivity index (χ2n) is 3.55. The minimum atomic E-state index is 0.434. The largest absolute Gasteiger partial charge is 0.299 e. The van der Waals surface area contributed by atoms with E-state index in [4.69, 9.17) is 0 Å². The van der Waals surface area contributed by atoms with E-state index in [-0.39, 0.29) is 0 Å². The monoisotopic (exact) mass is 154 g/mol. The molecule has 0 aromatic rings. The summed E-state index contributed by atoms with van der Waals surface area (Å²) in [6, 6.07) is 0. The summed E-state index contributed by atoms with van der Waals surface area (Å²) >= 11 is 0. The lowest BCUT2D eigenvalue weighted by molar-refractivity contribution is -0.124. The quantitative estimate of drug-likeness (QED) is 0.611. The maximum Gasteiger partial charge on any atom is 0.135 e. The average Bonchev–Trinajstić information content (AvgIpc) is 2.03. The van der Waals surface area contributed by atoms with Crippen LogP contribution in [0.5, 0.6) is 0 Å². The molecule has 0 aliphatic heterocycles. The zero-order chi connectivity index (χ0) is 8.10. The SMILES string of the molecule is CCCC[C@@H]1CCCCC1=O. The van der Waals surface area contributed by atoms with E-state index < -0.39 is 0 Å². The lowest BCUT2D eigenvalue weighted by Crippen LogP contribution is -2.18. The van der Waals surface area contributed by atoms with Gasteiger partial charge in [0.2, 0.25) is 0 Å². The van der Waals surface area contributed by atoms with Crippen LogP contribution in [0.1, 0.15) is 51.9 Å². The fourth-order valence-electron chi connectivity index (χ4n) is 1.81. The first kappa shape index (κ1) is 8.76. The number of rotatable bonds is 3. The molecule has 1 rings (SSSR count). The number of carbonyl (C=O) groups excluding carboxylic acids is 1. The molecular formula is C10H18O. The van der Waals surface area contributed by atoms with E-state index in [1.165, 1.54) is 25.7 Å². The normalized spacial score (nSPS) is 25.5. The summed E-state index contributed by atoms with van der Waals surface area (Å²) < 4.78 is 0. The van der Waals surface area contributed by atoms with Crippen molar-refractivity contribution in [3.8, 4) is 0 Å². The number of hydrogen-bond acceptors (Lipinski definition) is 1. The van der Waals surface area contributed by atoms with Gasteiger partial charge < -0.3 is 0 Å². The molecule has 64 valence electrons. The Morgan fingerprint density at radius 1 is 1.45 bits per heavy atom. The molecule has 0 aromatic heterocycles. The third-order valence-corrected chi connectivity index (χ3v) is 2.59. The van der Waals surface area contributed by atoms with Crippen LogP contribution in [-0.2, 0) is 4.79 Å². The van der Waals surface area contributed by atoms with Gasteiger partial charge in [0.05, 0.1) is 0 Å². The molecular weight excluding hydrogens is 136 g/mol. The van der Waals surface area contributed by atoms with Gasteiger partial charge in [-0.2, -0.15) is 0 Å². The Bertz CT molecular complexity index is 129. The van der Waals surface area contributed by atoms with Crippen LogP contribution in [-0.4, -0.2) is 5.78 Å². The van der Waals surface area contributed by atoms with E-state index in [2.05, 4.69) is 6.92 Å². The second kappa shape index (κ2) is 4.53. The third-order valence-electron chi connectivity index (χ3n) is 2.59. The van der Waals surface area contributed by atoms with Gasteiger partial charge >= 0.3 is 0 Å². The summed E-state index contributed by atoms with van der Waals surface area (Å²) in [5, 5.41) is 0. The summed E-state index contributed by atoms with van der Waals surface area (Å²) in [4.78, 5) is 11.3. The predicted molar refractivity (Wildman–Crippen MR) is 46.5 cm³/mol. The topological polar surface area (TPSA) is 17.1 Å². The Morgan fingerprint density at radius 3 is 2.91 bits per heavy atom. The van der Waals surface area contributed by atoms with Crippen LogP contribution in [0.25, 0.3) is 0 Å². The molecule has 0 unspecified atom stereocenters. The van der Waals surface area contributed by atoms with Crippen molar-refractivity contribution in [2.24, 2.45) is 5.92 Å². The van der Waals surface area contributed by atoms with E-state index in [1.807, 2.05) is 0 Å². The number of Topliss-reactive ketones (excluding diaryl/α,β-unsaturated/α-hetero) is 1. The lowest BCUT2D eigenvalue weighted by atomic mass is 9.85. The molecule has 0 amide bonds. The number of carbonyl (C=O) groups is 1. The van der Waals surface area contributed by atoms with E-state index >= 15 is 0 Å². The zero-order valence-corrected chi connectivity index (χ0v) is 7.44. The van der Waals surface area contributed by atoms with Gasteiger partial charge in [-0.05, 0) is 19.3 Å². The molecule has 1 nitrogen and oxygen atoms in total. The average molecular weight is 154 g/mol. The minimum Gasteiger partial charge on any atom is -0.299 e. The minimum absolute atomic E-state index is 0.434. The van der Waals surface area contributed by atoms with Crippen LogP contribution in [0.15, 0.2) is 0 Å². The van der Waals surface area contributed by atoms with E-state index in [1.54, 1.807) is 0 Å². The summed E-state index contributed by atoms with van der Waals surface area (Å²) in [5.41, 5.74) is 0. The maximum absolute atomic E-state index is 11.3. The van der Waals surface area contributed by atoms with Crippen molar-refractivity contribution in [1.82, 2.24) is 0 Å². The number of unbranched alkanes of at least 4 members (excludes halogenated alkanes) is 1. The molecule has 0 spiro atoms. The first-order valence-corrected chi connectivity index (χ1v) is 4.87. The zero-order valence-electron chi connectivity index (χ0n) is 7.44. The molecule has 0 saturated heterocycles. The van der Waals surface area contributed by atoms with Crippen LogP contribution >= 0.6 is 0 Å². The highest BCUT2D eigenvalue weighted by Crippen LogP contribution is 2.24. The van der Waals surface area contributed by atoms with Crippen LogP contribution in [0.3, 0.4) is 0 Å². The Hall–Kier alpha value is -0.330. The van der Waals surface area contributed by atoms with Crippen LogP contribution in [0, 0.1) is 5.92 Å². The van der Waals surface area contributed by atoms with Crippen LogP contribution in [0.2, 0.25) is 0 Å². The van der Waals surface area contributed by atoms with Crippen molar-refractivity contribution in [3.05, 3.63) is 0 Å². The third kappa shape index (κ3) is 2.64. The lowest BCUT2D eigenvalue weighted by Gasteiger charge is -2.19. The highest BCUT2D eigenvalue weighted by Gasteiger charge is 2.20. The van der Waals surface area contributed by atoms with Crippen molar-refractivity contribution in [2.75, 3.05) is 0 Å². The van der Waals surface area contributed by atoms with Crippen LogP contribution < -0.4 is 0 Å². The highest BCUT2D eigenvalue weighted by atomic mass is 16.1. The molecule has 1 heteroatoms. The van der Waals surface area contributed by atoms with Gasteiger partial charge in [-0.15, -0.1) is 0 Å². The molecule has 1 aliphatic rings. The van der Waals surface area contributed by atoms with Gasteiger partial charge in [-0.25, -0.2) is 0 Å². The smallest absolute Gasteiger partial charge is 0.135 e. The fourth-order valence-corrected chi connectivity index (χ4v) is 1.81. The van der Waals surface area contributed by atoms with Crippen LogP contribution in [0.4, 0.5) is 0 Å². The summed E-state index contributed by atoms with van der Waals surface area (Å²) in [7, 11) is 0. The fraction of sp³-hybridized carbons (Fsp3) is 0.900. The Balaban J connectivity index is 2.24. The molecule has 0 N–H and O–H groups in total. The van der Waals surface area contributed by atoms with E-state index in [0.717, 1.165) is 19.3 Å². The van der Waals surface area contributed by atoms with Gasteiger partial charge in [0.15, 0.2) is 0 Å². The number of ketones is 1. The van der Waals surface area contributed by atoms with E-state index in [0.29, 0.717) is 11.7 Å². The summed E-state index contributed by atoms with van der Waals surface area (Å²) in [5.74, 6) is 0.966. The Morgan fingerprint density at radius 2 is 2.27 bits per heavy atom. The van der Waals surface area contributed by atoms with Gasteiger partial charge in [0.25, 0.3) is 0 Å². The van der Waals surface area contributed by atoms with Crippen molar-refractivity contribution < 1.29 is 4.79 Å². The Labute approximate surface area is 69.2 Å². The Kier molecular flexibility index (Phi) is 3.61. The molecule has 1 saturated carbocycles. The molecule has 0 bridgehead atoms. The summed E-state index contributed by atoms with van der Waals surface area (Å²) in [6.45, 7) is 2.19. The number of hydrogen-bond donors (Lipinski definition) is 0. The standard InChI is InChI=1S/C10H18O/c1-2-3-6-9-7-4-5-8-10(9)11/h9H,2-8H2,1H3/t9-/m1/s1. The second-order valence-corrected chi connectivity index (χ2v) is 3.55. The molecule has 1 atom stereocenters. The summed E-state index contributed by atoms with van der Waals surface area (Å²) in [6.07, 6.45) is 8.05. The molecule has 11 heavy (non-hydrogen) atoms. The molecule has 1 aliphatic carbocycles. The maximum atomic E-state index is 11.3. The molecule has 0 heterocycles. The van der Waals surface area contributed by atoms with Gasteiger partial charge in [-0.3, -0.25) is 4.79 Å². The van der Waals surface area contributed by atoms with Crippen molar-refractivity contribution in [1.29, 1.82) is 0 Å². The molecule has 0 radical (unpaired) electrons. The predicted octanol–water partition coefficient (Wildman–Crippen LogP) is 2.94. The van der Waals surface area contributed by atoms with Crippen molar-refractivity contribution >= 4 is 5.78 Å². The first-order chi connectivity index (χ1) is 5.34. The van der Waals surface area contributed by atoms with Gasteiger partial charge in [-0.1, -0.05) is 26.2 Å². The van der Waals surface area contributed by atoms with E-state index in [9.17, 15) is 4.79 Å². The highest BCUT2D eigenvalue weighted by molar-refractivity contribution is 5.81.